The fourth-order valence-corrected chi connectivity index (χ4v) is 13.7. The number of carbonyl (C=O) groups excluding carboxylic acids is 2. The van der Waals surface area contributed by atoms with E-state index < -0.39 is 12.1 Å². The van der Waals surface area contributed by atoms with Crippen LogP contribution < -0.4 is 5.32 Å². The zero-order valence-corrected chi connectivity index (χ0v) is 61.7. The molecule has 90 heavy (non-hydrogen) atoms. The van der Waals surface area contributed by atoms with Gasteiger partial charge in [0.15, 0.2) is 0 Å². The summed E-state index contributed by atoms with van der Waals surface area (Å²) in [7, 11) is 0. The lowest BCUT2D eigenvalue weighted by Crippen LogP contribution is -2.45. The molecule has 0 aliphatic carbocycles. The average molecular weight is 1270 g/mol. The van der Waals surface area contributed by atoms with E-state index in [2.05, 4.69) is 31.3 Å². The molecule has 6 nitrogen and oxygen atoms in total. The third-order valence-corrected chi connectivity index (χ3v) is 20.1. The zero-order chi connectivity index (χ0) is 64.9. The van der Waals surface area contributed by atoms with Crippen LogP contribution in [0.25, 0.3) is 0 Å². The van der Waals surface area contributed by atoms with Crippen molar-refractivity contribution in [3.05, 3.63) is 12.2 Å². The number of carbonyl (C=O) groups is 2. The molecule has 0 aliphatic rings. The van der Waals surface area contributed by atoms with Crippen LogP contribution in [-0.4, -0.2) is 47.4 Å². The first-order chi connectivity index (χ1) is 44.5. The Morgan fingerprint density at radius 3 is 0.789 bits per heavy atom. The minimum Gasteiger partial charge on any atom is -0.466 e. The predicted molar refractivity (Wildman–Crippen MR) is 398 cm³/mol. The lowest BCUT2D eigenvalue weighted by molar-refractivity contribution is -0.143. The van der Waals surface area contributed by atoms with Crippen molar-refractivity contribution in [2.75, 3.05) is 13.2 Å². The quantitative estimate of drug-likeness (QED) is 0.0320. The number of hydrogen-bond donors (Lipinski definition) is 3. The van der Waals surface area contributed by atoms with Crippen molar-refractivity contribution in [2.45, 2.75) is 501 Å². The van der Waals surface area contributed by atoms with Crippen molar-refractivity contribution in [1.29, 1.82) is 0 Å². The second-order valence-electron chi connectivity index (χ2n) is 29.2. The van der Waals surface area contributed by atoms with Gasteiger partial charge < -0.3 is 20.3 Å². The van der Waals surface area contributed by atoms with Gasteiger partial charge in [0.2, 0.25) is 5.91 Å². The summed E-state index contributed by atoms with van der Waals surface area (Å²) in [6, 6.07) is -0.538. The van der Waals surface area contributed by atoms with Crippen molar-refractivity contribution in [1.82, 2.24) is 5.32 Å². The normalized spacial score (nSPS) is 12.4. The maximum atomic E-state index is 12.5. The van der Waals surface area contributed by atoms with E-state index in [-0.39, 0.29) is 18.5 Å². The molecule has 0 rings (SSSR count). The fourth-order valence-electron chi connectivity index (χ4n) is 13.7. The first kappa shape index (κ1) is 88.6. The lowest BCUT2D eigenvalue weighted by atomic mass is 10.0. The zero-order valence-electron chi connectivity index (χ0n) is 61.7. The molecule has 2 atom stereocenters. The van der Waals surface area contributed by atoms with E-state index in [1.54, 1.807) is 0 Å². The van der Waals surface area contributed by atoms with Crippen molar-refractivity contribution >= 4 is 11.9 Å². The average Bonchev–Trinajstić information content (AvgIpc) is 3.72. The number of rotatable bonds is 80. The standard InChI is InChI=1S/C84H165NO5/c1-3-5-7-9-11-13-15-17-19-21-46-50-54-58-62-66-70-74-78-84(89)90-79-75-71-67-63-59-55-51-47-44-42-40-38-36-34-32-30-28-26-24-22-23-25-27-29-31-33-35-37-39-41-43-45-49-53-57-61-65-69-73-77-83(88)85-81(80-86)82(87)76-72-68-64-60-56-52-48-20-18-16-14-12-10-8-6-4-2/h22-23,81-82,86-87H,3-21,24-80H2,1-2H3,(H,85,88)/b23-22-. The van der Waals surface area contributed by atoms with E-state index in [1.165, 1.54) is 417 Å². The molecule has 0 saturated carbocycles. The van der Waals surface area contributed by atoms with Gasteiger partial charge in [-0.3, -0.25) is 9.59 Å². The molecule has 0 aliphatic heterocycles. The largest absolute Gasteiger partial charge is 0.466 e. The van der Waals surface area contributed by atoms with Gasteiger partial charge in [-0.25, -0.2) is 0 Å². The minimum atomic E-state index is -0.661. The van der Waals surface area contributed by atoms with Gasteiger partial charge in [-0.2, -0.15) is 0 Å². The molecule has 0 fully saturated rings. The number of unbranched alkanes of at least 4 members (excludes halogenated alkanes) is 67. The maximum absolute atomic E-state index is 12.5. The van der Waals surface area contributed by atoms with Gasteiger partial charge >= 0.3 is 5.97 Å². The monoisotopic (exact) mass is 1270 g/mol. The number of aliphatic hydroxyl groups excluding tert-OH is 2. The van der Waals surface area contributed by atoms with Gasteiger partial charge in [0.25, 0.3) is 0 Å². The first-order valence-electron chi connectivity index (χ1n) is 41.9. The summed E-state index contributed by atoms with van der Waals surface area (Å²) in [5.41, 5.74) is 0. The summed E-state index contributed by atoms with van der Waals surface area (Å²) in [6.45, 7) is 5.02. The smallest absolute Gasteiger partial charge is 0.305 e. The SMILES string of the molecule is CCCCCCCCCCCCCCCCCCCCC(=O)OCCCCCCCCCCCCCCCCCCCC/C=C\CCCCCCCCCCCCCCCCCCCC(=O)NC(CO)C(O)CCCCCCCCCCCCCCCCCC. The second kappa shape index (κ2) is 80.0. The second-order valence-corrected chi connectivity index (χ2v) is 29.2. The highest BCUT2D eigenvalue weighted by atomic mass is 16.5. The molecule has 1 amide bonds. The van der Waals surface area contributed by atoms with Crippen LogP contribution in [0.5, 0.6) is 0 Å². The van der Waals surface area contributed by atoms with E-state index >= 15 is 0 Å². The third-order valence-electron chi connectivity index (χ3n) is 20.1. The van der Waals surface area contributed by atoms with Crippen LogP contribution in [0.2, 0.25) is 0 Å². The predicted octanol–water partition coefficient (Wildman–Crippen LogP) is 27.8. The topological polar surface area (TPSA) is 95.9 Å². The molecule has 0 spiro atoms. The van der Waals surface area contributed by atoms with E-state index in [9.17, 15) is 19.8 Å². The molecular weight excluding hydrogens is 1100 g/mol. The molecule has 0 aromatic heterocycles. The fraction of sp³-hybridized carbons (Fsp3) is 0.952. The number of aliphatic hydroxyl groups is 2. The number of allylic oxidation sites excluding steroid dienone is 2. The molecule has 0 aromatic rings. The molecule has 536 valence electrons. The summed E-state index contributed by atoms with van der Waals surface area (Å²) in [4.78, 5) is 24.7. The van der Waals surface area contributed by atoms with E-state index in [0.29, 0.717) is 25.9 Å². The Hall–Kier alpha value is -1.40. The van der Waals surface area contributed by atoms with E-state index in [4.69, 9.17) is 4.74 Å². The van der Waals surface area contributed by atoms with Crippen molar-refractivity contribution in [3.8, 4) is 0 Å². The Balaban J connectivity index is 3.30. The van der Waals surface area contributed by atoms with Gasteiger partial charge in [0.05, 0.1) is 25.4 Å². The van der Waals surface area contributed by atoms with Gasteiger partial charge in [0, 0.05) is 12.8 Å². The Morgan fingerprint density at radius 2 is 0.522 bits per heavy atom. The van der Waals surface area contributed by atoms with Gasteiger partial charge in [-0.15, -0.1) is 0 Å². The Labute approximate surface area is 565 Å². The molecule has 2 unspecified atom stereocenters. The maximum Gasteiger partial charge on any atom is 0.305 e. The summed E-state index contributed by atoms with van der Waals surface area (Å²) >= 11 is 0. The van der Waals surface area contributed by atoms with Crippen LogP contribution in [-0.2, 0) is 14.3 Å². The summed E-state index contributed by atoms with van der Waals surface area (Å²) < 4.78 is 5.52. The van der Waals surface area contributed by atoms with Crippen molar-refractivity contribution < 1.29 is 24.5 Å². The van der Waals surface area contributed by atoms with Crippen LogP contribution >= 0.6 is 0 Å². The van der Waals surface area contributed by atoms with E-state index in [1.807, 2.05) is 0 Å². The highest BCUT2D eigenvalue weighted by Gasteiger charge is 2.20. The number of ether oxygens (including phenoxy) is 1. The highest BCUT2D eigenvalue weighted by molar-refractivity contribution is 5.76. The number of esters is 1. The molecule has 0 bridgehead atoms. The van der Waals surface area contributed by atoms with Gasteiger partial charge in [-0.1, -0.05) is 437 Å². The molecule has 6 heteroatoms. The Bertz CT molecular complexity index is 1370. The molecule has 3 N–H and O–H groups in total. The van der Waals surface area contributed by atoms with Crippen LogP contribution in [0.1, 0.15) is 489 Å². The van der Waals surface area contributed by atoms with Crippen LogP contribution in [0, 0.1) is 0 Å². The molecular formula is C84H165NO5. The van der Waals surface area contributed by atoms with Gasteiger partial charge in [0.1, 0.15) is 0 Å². The van der Waals surface area contributed by atoms with Crippen molar-refractivity contribution in [3.63, 3.8) is 0 Å². The molecule has 0 heterocycles. The summed E-state index contributed by atoms with van der Waals surface area (Å²) in [5, 5.41) is 23.4. The van der Waals surface area contributed by atoms with E-state index in [0.717, 1.165) is 38.5 Å². The molecule has 0 radical (unpaired) electrons. The molecule has 0 aromatic carbocycles. The van der Waals surface area contributed by atoms with Crippen LogP contribution in [0.3, 0.4) is 0 Å². The number of nitrogens with one attached hydrogen (secondary N) is 1. The van der Waals surface area contributed by atoms with Crippen LogP contribution in [0.15, 0.2) is 12.2 Å². The number of amides is 1. The Kier molecular flexibility index (Phi) is 78.8. The number of hydrogen-bond acceptors (Lipinski definition) is 5. The third kappa shape index (κ3) is 75.6. The lowest BCUT2D eigenvalue weighted by Gasteiger charge is -2.22. The van der Waals surface area contributed by atoms with Crippen LogP contribution in [0.4, 0.5) is 0 Å². The molecule has 0 saturated heterocycles. The highest BCUT2D eigenvalue weighted by Crippen LogP contribution is 2.21. The Morgan fingerprint density at radius 1 is 0.300 bits per heavy atom. The summed E-state index contributed by atoms with van der Waals surface area (Å²) in [6.07, 6.45) is 102. The first-order valence-corrected chi connectivity index (χ1v) is 41.9. The summed E-state index contributed by atoms with van der Waals surface area (Å²) in [5.74, 6) is 0.00209. The van der Waals surface area contributed by atoms with Gasteiger partial charge in [-0.05, 0) is 51.4 Å². The minimum absolute atomic E-state index is 0.0261. The van der Waals surface area contributed by atoms with Crippen molar-refractivity contribution in [2.24, 2.45) is 0 Å².